The van der Waals surface area contributed by atoms with E-state index in [1.165, 1.54) is 76.6 Å². The summed E-state index contributed by atoms with van der Waals surface area (Å²) in [4.78, 5) is 14.5. The van der Waals surface area contributed by atoms with E-state index >= 15 is 0 Å². The van der Waals surface area contributed by atoms with Gasteiger partial charge >= 0.3 is 5.97 Å². The summed E-state index contributed by atoms with van der Waals surface area (Å²) in [5.74, 6) is 1.83. The number of aliphatic carboxylic acids is 1. The van der Waals surface area contributed by atoms with Crippen LogP contribution in [0.2, 0.25) is 0 Å². The van der Waals surface area contributed by atoms with Crippen LogP contribution in [0, 0.1) is 35.4 Å². The van der Waals surface area contributed by atoms with Crippen molar-refractivity contribution in [1.82, 2.24) is 4.90 Å². The van der Waals surface area contributed by atoms with Gasteiger partial charge in [-0.25, -0.2) is 4.39 Å². The van der Waals surface area contributed by atoms with Crippen molar-refractivity contribution in [3.05, 3.63) is 35.6 Å². The fourth-order valence-electron chi connectivity index (χ4n) is 6.30. The van der Waals surface area contributed by atoms with E-state index < -0.39 is 5.97 Å². The molecule has 3 unspecified atom stereocenters. The highest BCUT2D eigenvalue weighted by atomic mass is 19.1. The number of halogens is 1. The van der Waals surface area contributed by atoms with Gasteiger partial charge in [0, 0.05) is 6.54 Å². The first kappa shape index (κ1) is 22.8. The fraction of sp³-hybridized carbons (Fsp3) is 0.741. The Morgan fingerprint density at radius 1 is 1.00 bits per heavy atom. The van der Waals surface area contributed by atoms with Crippen LogP contribution in [-0.4, -0.2) is 35.6 Å². The molecular weight excluding hydrogens is 389 g/mol. The van der Waals surface area contributed by atoms with Crippen molar-refractivity contribution in [2.75, 3.05) is 19.6 Å². The van der Waals surface area contributed by atoms with Gasteiger partial charge in [0.05, 0.1) is 5.92 Å². The summed E-state index contributed by atoms with van der Waals surface area (Å²) >= 11 is 0. The number of carboxylic acids is 1. The molecule has 3 atom stereocenters. The summed E-state index contributed by atoms with van der Waals surface area (Å²) in [6.45, 7) is 3.58. The summed E-state index contributed by atoms with van der Waals surface area (Å²) in [5, 5.41) is 9.77. The normalized spacial score (nSPS) is 26.6. The van der Waals surface area contributed by atoms with Crippen LogP contribution in [0.4, 0.5) is 4.39 Å². The van der Waals surface area contributed by atoms with Gasteiger partial charge in [0.25, 0.3) is 0 Å². The number of piperidine rings is 1. The van der Waals surface area contributed by atoms with Gasteiger partial charge in [0.15, 0.2) is 0 Å². The molecule has 4 rings (SSSR count). The van der Waals surface area contributed by atoms with Crippen molar-refractivity contribution in [1.29, 1.82) is 0 Å². The lowest BCUT2D eigenvalue weighted by molar-refractivity contribution is -0.144. The number of nitrogens with zero attached hydrogens (tertiary/aromatic N) is 1. The van der Waals surface area contributed by atoms with Crippen LogP contribution in [0.3, 0.4) is 0 Å². The number of hydrogen-bond donors (Lipinski definition) is 1. The van der Waals surface area contributed by atoms with Gasteiger partial charge in [-0.05, 0) is 106 Å². The van der Waals surface area contributed by atoms with Gasteiger partial charge in [-0.1, -0.05) is 37.8 Å². The van der Waals surface area contributed by atoms with Crippen molar-refractivity contribution < 1.29 is 14.3 Å². The highest BCUT2D eigenvalue weighted by Crippen LogP contribution is 2.42. The molecule has 3 nitrogen and oxygen atoms in total. The minimum absolute atomic E-state index is 0.0952. The van der Waals surface area contributed by atoms with Gasteiger partial charge in [-0.15, -0.1) is 0 Å². The molecule has 0 aromatic heterocycles. The zero-order valence-corrected chi connectivity index (χ0v) is 19.0. The second kappa shape index (κ2) is 10.9. The van der Waals surface area contributed by atoms with Crippen molar-refractivity contribution in [3.8, 4) is 0 Å². The molecule has 31 heavy (non-hydrogen) atoms. The van der Waals surface area contributed by atoms with Gasteiger partial charge in [-0.2, -0.15) is 0 Å². The zero-order chi connectivity index (χ0) is 21.6. The van der Waals surface area contributed by atoms with E-state index in [4.69, 9.17) is 0 Å². The largest absolute Gasteiger partial charge is 0.481 e. The fourth-order valence-corrected chi connectivity index (χ4v) is 6.30. The second-order valence-electron chi connectivity index (χ2n) is 10.7. The molecule has 4 heteroatoms. The molecule has 2 saturated carbocycles. The van der Waals surface area contributed by atoms with Crippen LogP contribution in [0.5, 0.6) is 0 Å². The number of benzene rings is 1. The van der Waals surface area contributed by atoms with Crippen LogP contribution in [0.1, 0.15) is 76.2 Å². The predicted octanol–water partition coefficient (Wildman–Crippen LogP) is 6.17. The average Bonchev–Trinajstić information content (AvgIpc) is 3.17. The van der Waals surface area contributed by atoms with Crippen LogP contribution in [0.15, 0.2) is 24.3 Å². The average molecular weight is 430 g/mol. The maximum absolute atomic E-state index is 13.0. The SMILES string of the molecule is O=C(O)C(CC1CCC1)C1CCC(CN2CCC(CCCc3ccc(F)cc3)CC2)C1. The Morgan fingerprint density at radius 2 is 1.74 bits per heavy atom. The van der Waals surface area contributed by atoms with E-state index in [0.29, 0.717) is 17.8 Å². The summed E-state index contributed by atoms with van der Waals surface area (Å²) in [7, 11) is 0. The third kappa shape index (κ3) is 6.54. The molecule has 3 aliphatic rings. The topological polar surface area (TPSA) is 40.5 Å². The van der Waals surface area contributed by atoms with Gasteiger partial charge < -0.3 is 10.0 Å². The zero-order valence-electron chi connectivity index (χ0n) is 19.0. The van der Waals surface area contributed by atoms with Gasteiger partial charge in [0.2, 0.25) is 0 Å². The van der Waals surface area contributed by atoms with Gasteiger partial charge in [-0.3, -0.25) is 4.79 Å². The minimum atomic E-state index is -0.543. The van der Waals surface area contributed by atoms with Crippen molar-refractivity contribution >= 4 is 5.97 Å². The molecule has 172 valence electrons. The maximum Gasteiger partial charge on any atom is 0.306 e. The third-order valence-corrected chi connectivity index (χ3v) is 8.49. The third-order valence-electron chi connectivity index (χ3n) is 8.49. The molecule has 3 fully saturated rings. The summed E-state index contributed by atoms with van der Waals surface area (Å²) < 4.78 is 13.0. The number of carboxylic acid groups (broad SMARTS) is 1. The standard InChI is InChI=1S/C27H40FNO2/c28-25-11-8-20(9-12-25)3-1-4-21-13-15-29(16-14-21)19-23-7-10-24(17-23)26(27(30)31)18-22-5-2-6-22/h8-9,11-12,21-24,26H,1-7,10,13-19H2,(H,30,31). The summed E-state index contributed by atoms with van der Waals surface area (Å²) in [6, 6.07) is 6.95. The Morgan fingerprint density at radius 3 is 2.39 bits per heavy atom. The molecule has 0 amide bonds. The predicted molar refractivity (Wildman–Crippen MR) is 122 cm³/mol. The van der Waals surface area contributed by atoms with E-state index in [9.17, 15) is 14.3 Å². The number of likely N-dealkylation sites (tertiary alicyclic amines) is 1. The number of carbonyl (C=O) groups is 1. The molecule has 1 aromatic carbocycles. The molecule has 0 radical (unpaired) electrons. The Balaban J connectivity index is 1.13. The Labute approximate surface area is 187 Å². The Kier molecular flexibility index (Phi) is 8.03. The molecule has 1 aromatic rings. The van der Waals surface area contributed by atoms with Crippen LogP contribution in [0.25, 0.3) is 0 Å². The molecule has 1 saturated heterocycles. The number of hydrogen-bond acceptors (Lipinski definition) is 2. The first-order valence-electron chi connectivity index (χ1n) is 12.8. The lowest BCUT2D eigenvalue weighted by Gasteiger charge is -2.34. The molecule has 0 bridgehead atoms. The van der Waals surface area contributed by atoms with Gasteiger partial charge in [0.1, 0.15) is 5.82 Å². The smallest absolute Gasteiger partial charge is 0.306 e. The second-order valence-corrected chi connectivity index (χ2v) is 10.7. The van der Waals surface area contributed by atoms with Crippen molar-refractivity contribution in [3.63, 3.8) is 0 Å². The van der Waals surface area contributed by atoms with Crippen molar-refractivity contribution in [2.24, 2.45) is 29.6 Å². The lowest BCUT2D eigenvalue weighted by atomic mass is 9.75. The highest BCUT2D eigenvalue weighted by Gasteiger charge is 2.37. The van der Waals surface area contributed by atoms with Crippen molar-refractivity contribution in [2.45, 2.75) is 77.0 Å². The Bertz CT molecular complexity index is 694. The summed E-state index contributed by atoms with van der Waals surface area (Å²) in [5.41, 5.74) is 1.24. The monoisotopic (exact) mass is 429 g/mol. The quantitative estimate of drug-likeness (QED) is 0.484. The van der Waals surface area contributed by atoms with Crippen LogP contribution < -0.4 is 0 Å². The van der Waals surface area contributed by atoms with E-state index in [0.717, 1.165) is 31.6 Å². The number of rotatable bonds is 10. The molecule has 1 aliphatic heterocycles. The van der Waals surface area contributed by atoms with E-state index in [2.05, 4.69) is 4.90 Å². The highest BCUT2D eigenvalue weighted by molar-refractivity contribution is 5.70. The molecular formula is C27H40FNO2. The molecule has 1 heterocycles. The van der Waals surface area contributed by atoms with E-state index in [-0.39, 0.29) is 11.7 Å². The molecule has 1 N–H and O–H groups in total. The lowest BCUT2D eigenvalue weighted by Crippen LogP contribution is -2.37. The van der Waals surface area contributed by atoms with E-state index in [1.54, 1.807) is 12.1 Å². The Hall–Kier alpha value is -1.42. The molecule has 0 spiro atoms. The number of aryl methyl sites for hydroxylation is 1. The van der Waals surface area contributed by atoms with Crippen LogP contribution >= 0.6 is 0 Å². The summed E-state index contributed by atoms with van der Waals surface area (Å²) in [6.07, 6.45) is 14.3. The first-order valence-corrected chi connectivity index (χ1v) is 12.8. The van der Waals surface area contributed by atoms with E-state index in [1.807, 2.05) is 12.1 Å². The maximum atomic E-state index is 13.0. The van der Waals surface area contributed by atoms with Crippen LogP contribution in [-0.2, 0) is 11.2 Å². The first-order chi connectivity index (χ1) is 15.1. The molecule has 2 aliphatic carbocycles. The minimum Gasteiger partial charge on any atom is -0.481 e.